The highest BCUT2D eigenvalue weighted by atomic mass is 16.5. The number of rotatable bonds is 7. The zero-order valence-corrected chi connectivity index (χ0v) is 19.2. The first-order chi connectivity index (χ1) is 16.4. The molecule has 7 nitrogen and oxygen atoms in total. The number of carbonyl (C=O) groups excluding carboxylic acids is 2. The second-order valence-electron chi connectivity index (χ2n) is 8.12. The molecule has 0 saturated heterocycles. The van der Waals surface area contributed by atoms with E-state index >= 15 is 0 Å². The lowest BCUT2D eigenvalue weighted by Crippen LogP contribution is -2.42. The third-order valence-electron chi connectivity index (χ3n) is 5.43. The largest absolute Gasteiger partial charge is 0.480 e. The minimum Gasteiger partial charge on any atom is -0.480 e. The summed E-state index contributed by atoms with van der Waals surface area (Å²) in [5.41, 5.74) is 5.34. The van der Waals surface area contributed by atoms with Crippen LogP contribution in [0.4, 0.5) is 4.79 Å². The minimum atomic E-state index is -1.10. The van der Waals surface area contributed by atoms with Crippen LogP contribution in [0.15, 0.2) is 78.9 Å². The molecule has 0 aromatic heterocycles. The Morgan fingerprint density at radius 1 is 0.941 bits per heavy atom. The maximum absolute atomic E-state index is 12.3. The van der Waals surface area contributed by atoms with Crippen LogP contribution in [0.5, 0.6) is 0 Å². The average Bonchev–Trinajstić information content (AvgIpc) is 3.17. The van der Waals surface area contributed by atoms with Gasteiger partial charge < -0.3 is 20.1 Å². The van der Waals surface area contributed by atoms with Crippen molar-refractivity contribution in [3.8, 4) is 11.1 Å². The molecule has 2 N–H and O–H groups in total. The maximum atomic E-state index is 12.3. The Hall–Kier alpha value is -4.13. The number of carbonyl (C=O) groups is 3. The van der Waals surface area contributed by atoms with E-state index in [9.17, 15) is 19.5 Å². The molecule has 7 heteroatoms. The number of carboxylic acid groups (broad SMARTS) is 1. The van der Waals surface area contributed by atoms with Crippen molar-refractivity contribution in [1.82, 2.24) is 10.2 Å². The highest BCUT2D eigenvalue weighted by Crippen LogP contribution is 2.44. The number of nitrogens with one attached hydrogen (secondary N) is 1. The highest BCUT2D eigenvalue weighted by molar-refractivity contribution is 5.81. The molecule has 3 aromatic carbocycles. The van der Waals surface area contributed by atoms with Crippen LogP contribution in [-0.2, 0) is 20.7 Å². The average molecular weight is 461 g/mol. The first-order valence-corrected chi connectivity index (χ1v) is 10.9. The topological polar surface area (TPSA) is 95.9 Å². The van der Waals surface area contributed by atoms with Crippen molar-refractivity contribution < 1.29 is 24.2 Å². The summed E-state index contributed by atoms with van der Waals surface area (Å²) in [6.07, 6.45) is 0.218. The smallest absolute Gasteiger partial charge is 0.407 e. The molecule has 3 aromatic rings. The third kappa shape index (κ3) is 6.22. The van der Waals surface area contributed by atoms with E-state index < -0.39 is 18.1 Å². The molecule has 1 aliphatic carbocycles. The standard InChI is InChI=1S/C24H21NO4.C3H7NO/c26-23(27)22(14-16-8-2-1-3-9-16)25-24(28)29-15-21-19-12-6-4-10-17(19)18-11-5-7-13-20(18)21;1-4(2)3-5/h1-13,21-22H,14-15H2,(H,25,28)(H,26,27);3H,1-2H3/t22-;/m0./s1. The van der Waals surface area contributed by atoms with E-state index in [0.29, 0.717) is 0 Å². The molecular formula is C27H28N2O5. The van der Waals surface area contributed by atoms with Crippen molar-refractivity contribution in [1.29, 1.82) is 0 Å². The summed E-state index contributed by atoms with van der Waals surface area (Å²) in [6, 6.07) is 24.3. The van der Waals surface area contributed by atoms with Gasteiger partial charge in [-0.05, 0) is 27.8 Å². The predicted molar refractivity (Wildman–Crippen MR) is 130 cm³/mol. The Morgan fingerprint density at radius 3 is 1.94 bits per heavy atom. The number of carboxylic acids is 1. The van der Waals surface area contributed by atoms with E-state index in [-0.39, 0.29) is 18.9 Å². The molecule has 1 aliphatic rings. The number of aliphatic carboxylic acids is 1. The number of hydrogen-bond acceptors (Lipinski definition) is 4. The molecule has 4 rings (SSSR count). The van der Waals surface area contributed by atoms with Gasteiger partial charge in [-0.3, -0.25) is 4.79 Å². The lowest BCUT2D eigenvalue weighted by Gasteiger charge is -2.17. The highest BCUT2D eigenvalue weighted by Gasteiger charge is 2.29. The third-order valence-corrected chi connectivity index (χ3v) is 5.43. The Balaban J connectivity index is 0.000000588. The molecular weight excluding hydrogens is 432 g/mol. The van der Waals surface area contributed by atoms with Crippen molar-refractivity contribution in [2.24, 2.45) is 0 Å². The van der Waals surface area contributed by atoms with Crippen LogP contribution in [0, 0.1) is 0 Å². The summed E-state index contributed by atoms with van der Waals surface area (Å²) >= 11 is 0. The minimum absolute atomic E-state index is 0.0643. The van der Waals surface area contributed by atoms with Gasteiger partial charge in [-0.2, -0.15) is 0 Å². The van der Waals surface area contributed by atoms with E-state index in [1.807, 2.05) is 66.7 Å². The fourth-order valence-electron chi connectivity index (χ4n) is 3.83. The lowest BCUT2D eigenvalue weighted by molar-refractivity contribution is -0.139. The number of fused-ring (bicyclic) bond motifs is 3. The number of nitrogens with zero attached hydrogens (tertiary/aromatic N) is 1. The van der Waals surface area contributed by atoms with E-state index in [0.717, 1.165) is 34.2 Å². The second-order valence-corrected chi connectivity index (χ2v) is 8.12. The number of hydrogen-bond donors (Lipinski definition) is 2. The molecule has 34 heavy (non-hydrogen) atoms. The summed E-state index contributed by atoms with van der Waals surface area (Å²) in [5, 5.41) is 11.9. The molecule has 0 spiro atoms. The zero-order valence-electron chi connectivity index (χ0n) is 19.2. The van der Waals surface area contributed by atoms with Crippen molar-refractivity contribution >= 4 is 18.5 Å². The van der Waals surface area contributed by atoms with Crippen LogP contribution in [0.2, 0.25) is 0 Å². The SMILES string of the molecule is CN(C)C=O.O=C(N[C@@H](Cc1ccccc1)C(=O)O)OCC1c2ccccc2-c2ccccc21. The van der Waals surface area contributed by atoms with Crippen LogP contribution in [-0.4, -0.2) is 55.2 Å². The Kier molecular flexibility index (Phi) is 8.40. The van der Waals surface area contributed by atoms with E-state index in [4.69, 9.17) is 4.74 Å². The van der Waals surface area contributed by atoms with Gasteiger partial charge in [-0.15, -0.1) is 0 Å². The number of amides is 2. The van der Waals surface area contributed by atoms with E-state index in [1.165, 1.54) is 4.90 Å². The zero-order chi connectivity index (χ0) is 24.5. The van der Waals surface area contributed by atoms with Gasteiger partial charge in [-0.1, -0.05) is 78.9 Å². The molecule has 0 aliphatic heterocycles. The predicted octanol–water partition coefficient (Wildman–Crippen LogP) is 3.93. The monoisotopic (exact) mass is 460 g/mol. The maximum Gasteiger partial charge on any atom is 0.407 e. The van der Waals surface area contributed by atoms with Crippen molar-refractivity contribution in [2.45, 2.75) is 18.4 Å². The Morgan fingerprint density at radius 2 is 1.44 bits per heavy atom. The van der Waals surface area contributed by atoms with Gasteiger partial charge in [0.05, 0.1) is 0 Å². The fraction of sp³-hybridized carbons (Fsp3) is 0.222. The van der Waals surface area contributed by atoms with Crippen molar-refractivity contribution in [3.05, 3.63) is 95.6 Å². The quantitative estimate of drug-likeness (QED) is 0.521. The molecule has 1 atom stereocenters. The summed E-state index contributed by atoms with van der Waals surface area (Å²) < 4.78 is 5.44. The first-order valence-electron chi connectivity index (χ1n) is 10.9. The summed E-state index contributed by atoms with van der Waals surface area (Å²) in [7, 11) is 3.38. The lowest BCUT2D eigenvalue weighted by atomic mass is 9.98. The van der Waals surface area contributed by atoms with Gasteiger partial charge in [-0.25, -0.2) is 9.59 Å². The molecule has 2 amide bonds. The summed E-state index contributed by atoms with van der Waals surface area (Å²) in [6.45, 7) is 0.150. The molecule has 0 saturated carbocycles. The molecule has 0 bridgehead atoms. The van der Waals surface area contributed by atoms with Crippen molar-refractivity contribution in [3.63, 3.8) is 0 Å². The van der Waals surface area contributed by atoms with Crippen molar-refractivity contribution in [2.75, 3.05) is 20.7 Å². The molecule has 176 valence electrons. The molecule has 0 radical (unpaired) electrons. The van der Waals surface area contributed by atoms with E-state index in [1.54, 1.807) is 14.1 Å². The Labute approximate surface area is 199 Å². The normalized spacial score (nSPS) is 12.3. The van der Waals surface area contributed by atoms with Gasteiger partial charge in [0.15, 0.2) is 0 Å². The van der Waals surface area contributed by atoms with Crippen LogP contribution in [0.25, 0.3) is 11.1 Å². The number of benzene rings is 3. The molecule has 0 heterocycles. The Bertz CT molecular complexity index is 1090. The molecule has 0 unspecified atom stereocenters. The van der Waals surface area contributed by atoms with Crippen LogP contribution in [0.1, 0.15) is 22.6 Å². The van der Waals surface area contributed by atoms with Crippen LogP contribution in [0.3, 0.4) is 0 Å². The van der Waals surface area contributed by atoms with Gasteiger partial charge in [0.2, 0.25) is 6.41 Å². The number of ether oxygens (including phenoxy) is 1. The van der Waals surface area contributed by atoms with Gasteiger partial charge >= 0.3 is 12.1 Å². The second kappa shape index (κ2) is 11.7. The summed E-state index contributed by atoms with van der Waals surface area (Å²) in [5.74, 6) is -1.16. The molecule has 0 fully saturated rings. The van der Waals surface area contributed by atoms with Crippen LogP contribution >= 0.6 is 0 Å². The van der Waals surface area contributed by atoms with Crippen LogP contribution < -0.4 is 5.32 Å². The fourth-order valence-corrected chi connectivity index (χ4v) is 3.83. The number of alkyl carbamates (subject to hydrolysis) is 1. The first kappa shape index (κ1) is 24.5. The van der Waals surface area contributed by atoms with Gasteiger partial charge in [0, 0.05) is 26.4 Å². The van der Waals surface area contributed by atoms with Gasteiger partial charge in [0.1, 0.15) is 12.6 Å². The summed E-state index contributed by atoms with van der Waals surface area (Å²) in [4.78, 5) is 34.8. The van der Waals surface area contributed by atoms with Gasteiger partial charge in [0.25, 0.3) is 0 Å². The van der Waals surface area contributed by atoms with E-state index in [2.05, 4.69) is 17.4 Å².